The number of anilines is 1. The van der Waals surface area contributed by atoms with Gasteiger partial charge in [0.1, 0.15) is 11.6 Å². The first-order chi connectivity index (χ1) is 14.4. The minimum Gasteiger partial charge on any atom is -0.352 e. The lowest BCUT2D eigenvalue weighted by atomic mass is 10.1. The largest absolute Gasteiger partial charge is 0.352 e. The van der Waals surface area contributed by atoms with Crippen LogP contribution in [0.5, 0.6) is 0 Å². The van der Waals surface area contributed by atoms with Crippen LogP contribution in [0.1, 0.15) is 37.2 Å². The summed E-state index contributed by atoms with van der Waals surface area (Å²) in [5.74, 6) is 0.407. The summed E-state index contributed by atoms with van der Waals surface area (Å²) in [6.07, 6.45) is 0.975. The molecular formula is C22H24ClFN4OS. The summed E-state index contributed by atoms with van der Waals surface area (Å²) in [5, 5.41) is 4.38. The van der Waals surface area contributed by atoms with Crippen molar-refractivity contribution in [3.05, 3.63) is 76.3 Å². The molecule has 1 heterocycles. The molecule has 3 aromatic rings. The number of benzene rings is 2. The van der Waals surface area contributed by atoms with Gasteiger partial charge in [0.2, 0.25) is 11.0 Å². The van der Waals surface area contributed by atoms with Gasteiger partial charge in [0, 0.05) is 48.5 Å². The summed E-state index contributed by atoms with van der Waals surface area (Å²) in [6.45, 7) is 5.06. The second-order valence-corrected chi connectivity index (χ2v) is 8.40. The Morgan fingerprint density at radius 1 is 1.13 bits per heavy atom. The third-order valence-corrected chi connectivity index (χ3v) is 5.63. The monoisotopic (exact) mass is 446 g/mol. The fourth-order valence-electron chi connectivity index (χ4n) is 2.91. The molecular weight excluding hydrogens is 423 g/mol. The average Bonchev–Trinajstić information content (AvgIpc) is 3.17. The Kier molecular flexibility index (Phi) is 7.76. The number of hydrogen-bond acceptors (Lipinski definition) is 5. The molecule has 1 aromatic heterocycles. The van der Waals surface area contributed by atoms with Crippen LogP contribution in [0.3, 0.4) is 0 Å². The molecule has 5 nitrogen and oxygen atoms in total. The average molecular weight is 447 g/mol. The molecule has 2 aromatic carbocycles. The van der Waals surface area contributed by atoms with Crippen LogP contribution in [-0.2, 0) is 17.8 Å². The van der Waals surface area contributed by atoms with Gasteiger partial charge in [-0.15, -0.1) is 0 Å². The van der Waals surface area contributed by atoms with Crippen LogP contribution in [0.4, 0.5) is 9.52 Å². The lowest BCUT2D eigenvalue weighted by Crippen LogP contribution is -2.35. The maximum absolute atomic E-state index is 13.0. The second-order valence-electron chi connectivity index (χ2n) is 7.24. The normalized spacial score (nSPS) is 11.0. The Bertz CT molecular complexity index is 960. The minimum absolute atomic E-state index is 0.0594. The maximum Gasteiger partial charge on any atom is 0.222 e. The number of carbonyl (C=O) groups is 1. The van der Waals surface area contributed by atoms with Crippen LogP contribution >= 0.6 is 23.1 Å². The molecule has 0 saturated carbocycles. The van der Waals surface area contributed by atoms with Crippen LogP contribution in [0.2, 0.25) is 5.02 Å². The molecule has 0 radical (unpaired) electrons. The number of nitrogens with zero attached hydrogens (tertiary/aromatic N) is 3. The molecule has 0 spiro atoms. The lowest BCUT2D eigenvalue weighted by molar-refractivity contribution is -0.121. The van der Waals surface area contributed by atoms with Crippen molar-refractivity contribution in [1.29, 1.82) is 0 Å². The van der Waals surface area contributed by atoms with Gasteiger partial charge in [0.05, 0.1) is 0 Å². The first-order valence-corrected chi connectivity index (χ1v) is 10.9. The standard InChI is InChI=1S/C22H24ClFN4OS/c1-15(2)28(12-11-21(29)25-14-17-5-9-19(24)10-6-17)22-26-20(27-30-22)13-16-3-7-18(23)8-4-16/h3-10,15H,11-14H2,1-2H3,(H,25,29). The zero-order chi connectivity index (χ0) is 21.5. The summed E-state index contributed by atoms with van der Waals surface area (Å²) in [7, 11) is 0. The van der Waals surface area contributed by atoms with E-state index in [0.717, 1.165) is 22.1 Å². The van der Waals surface area contributed by atoms with Gasteiger partial charge in [0.15, 0.2) is 0 Å². The van der Waals surface area contributed by atoms with Crippen molar-refractivity contribution in [2.24, 2.45) is 0 Å². The summed E-state index contributed by atoms with van der Waals surface area (Å²) in [6, 6.07) is 13.9. The van der Waals surface area contributed by atoms with E-state index >= 15 is 0 Å². The van der Waals surface area contributed by atoms with E-state index in [1.54, 1.807) is 12.1 Å². The van der Waals surface area contributed by atoms with Gasteiger partial charge >= 0.3 is 0 Å². The fourth-order valence-corrected chi connectivity index (χ4v) is 3.88. The first-order valence-electron chi connectivity index (χ1n) is 9.75. The third-order valence-electron chi connectivity index (χ3n) is 4.58. The predicted octanol–water partition coefficient (Wildman–Crippen LogP) is 4.84. The maximum atomic E-state index is 13.0. The summed E-state index contributed by atoms with van der Waals surface area (Å²) < 4.78 is 17.4. The Balaban J connectivity index is 1.54. The van der Waals surface area contributed by atoms with Gasteiger partial charge in [-0.3, -0.25) is 4.79 Å². The predicted molar refractivity (Wildman–Crippen MR) is 120 cm³/mol. The van der Waals surface area contributed by atoms with Crippen molar-refractivity contribution in [2.75, 3.05) is 11.4 Å². The number of nitrogens with one attached hydrogen (secondary N) is 1. The zero-order valence-corrected chi connectivity index (χ0v) is 18.5. The fraction of sp³-hybridized carbons (Fsp3) is 0.318. The van der Waals surface area contributed by atoms with E-state index in [1.165, 1.54) is 23.7 Å². The molecule has 0 fully saturated rings. The lowest BCUT2D eigenvalue weighted by Gasteiger charge is -2.25. The van der Waals surface area contributed by atoms with Crippen molar-refractivity contribution in [3.63, 3.8) is 0 Å². The van der Waals surface area contributed by atoms with Crippen LogP contribution in [0.25, 0.3) is 0 Å². The Labute approximate surface area is 185 Å². The Morgan fingerprint density at radius 2 is 1.80 bits per heavy atom. The topological polar surface area (TPSA) is 58.1 Å². The van der Waals surface area contributed by atoms with Crippen molar-refractivity contribution in [3.8, 4) is 0 Å². The van der Waals surface area contributed by atoms with Crippen LogP contribution in [0, 0.1) is 5.82 Å². The molecule has 0 unspecified atom stereocenters. The molecule has 0 bridgehead atoms. The van der Waals surface area contributed by atoms with Crippen molar-refractivity contribution in [1.82, 2.24) is 14.7 Å². The van der Waals surface area contributed by atoms with Gasteiger partial charge in [-0.2, -0.15) is 4.37 Å². The SMILES string of the molecule is CC(C)N(CCC(=O)NCc1ccc(F)cc1)c1nc(Cc2ccc(Cl)cc2)ns1. The molecule has 0 saturated heterocycles. The third kappa shape index (κ3) is 6.50. The number of aromatic nitrogens is 2. The molecule has 1 N–H and O–H groups in total. The highest BCUT2D eigenvalue weighted by Crippen LogP contribution is 2.22. The molecule has 0 atom stereocenters. The van der Waals surface area contributed by atoms with Crippen molar-refractivity contribution in [2.45, 2.75) is 39.3 Å². The van der Waals surface area contributed by atoms with E-state index in [9.17, 15) is 9.18 Å². The smallest absolute Gasteiger partial charge is 0.222 e. The number of halogens is 2. The van der Waals surface area contributed by atoms with E-state index < -0.39 is 0 Å². The van der Waals surface area contributed by atoms with Crippen LogP contribution in [0.15, 0.2) is 48.5 Å². The highest BCUT2D eigenvalue weighted by Gasteiger charge is 2.17. The molecule has 1 amide bonds. The quantitative estimate of drug-likeness (QED) is 0.510. The molecule has 0 aliphatic carbocycles. The van der Waals surface area contributed by atoms with E-state index in [2.05, 4.69) is 33.4 Å². The van der Waals surface area contributed by atoms with E-state index in [-0.39, 0.29) is 17.8 Å². The number of amides is 1. The first kappa shape index (κ1) is 22.2. The van der Waals surface area contributed by atoms with Gasteiger partial charge < -0.3 is 10.2 Å². The highest BCUT2D eigenvalue weighted by atomic mass is 35.5. The Morgan fingerprint density at radius 3 is 2.47 bits per heavy atom. The van der Waals surface area contributed by atoms with Crippen LogP contribution in [-0.4, -0.2) is 27.9 Å². The molecule has 8 heteroatoms. The van der Waals surface area contributed by atoms with E-state index in [0.29, 0.717) is 31.0 Å². The molecule has 30 heavy (non-hydrogen) atoms. The van der Waals surface area contributed by atoms with E-state index in [1.807, 2.05) is 24.3 Å². The zero-order valence-electron chi connectivity index (χ0n) is 16.9. The molecule has 0 aliphatic heterocycles. The summed E-state index contributed by atoms with van der Waals surface area (Å²) >= 11 is 7.28. The van der Waals surface area contributed by atoms with Gasteiger partial charge in [-0.25, -0.2) is 9.37 Å². The van der Waals surface area contributed by atoms with Gasteiger partial charge in [0.25, 0.3) is 0 Å². The molecule has 0 aliphatic rings. The van der Waals surface area contributed by atoms with Crippen molar-refractivity contribution < 1.29 is 9.18 Å². The number of hydrogen-bond donors (Lipinski definition) is 1. The Hall–Kier alpha value is -2.51. The van der Waals surface area contributed by atoms with Gasteiger partial charge in [-0.1, -0.05) is 35.9 Å². The number of rotatable bonds is 9. The van der Waals surface area contributed by atoms with Crippen LogP contribution < -0.4 is 10.2 Å². The molecule has 3 rings (SSSR count). The summed E-state index contributed by atoms with van der Waals surface area (Å²) in [5.41, 5.74) is 1.96. The second kappa shape index (κ2) is 10.5. The molecule has 158 valence electrons. The van der Waals surface area contributed by atoms with Gasteiger partial charge in [-0.05, 0) is 49.2 Å². The van der Waals surface area contributed by atoms with Crippen molar-refractivity contribution >= 4 is 34.2 Å². The number of carbonyl (C=O) groups excluding carboxylic acids is 1. The van der Waals surface area contributed by atoms with E-state index in [4.69, 9.17) is 11.6 Å². The highest BCUT2D eigenvalue weighted by molar-refractivity contribution is 7.09. The minimum atomic E-state index is -0.287. The summed E-state index contributed by atoms with van der Waals surface area (Å²) in [4.78, 5) is 19.0.